The van der Waals surface area contributed by atoms with Crippen LogP contribution < -0.4 is 5.32 Å². The molecule has 0 saturated carbocycles. The lowest BCUT2D eigenvalue weighted by atomic mass is 10.2. The van der Waals surface area contributed by atoms with Crippen LogP contribution in [0.4, 0.5) is 5.69 Å². The van der Waals surface area contributed by atoms with E-state index >= 15 is 0 Å². The molecule has 0 atom stereocenters. The Morgan fingerprint density at radius 1 is 1.33 bits per heavy atom. The van der Waals surface area contributed by atoms with Gasteiger partial charge in [-0.1, -0.05) is 34.1 Å². The maximum atomic E-state index is 12.0. The lowest BCUT2D eigenvalue weighted by molar-refractivity contribution is 0.102. The average Bonchev–Trinajstić information content (AvgIpc) is 2.39. The number of aryl methyl sites for hydroxylation is 1. The van der Waals surface area contributed by atoms with Gasteiger partial charge in [0.25, 0.3) is 5.91 Å². The first-order chi connectivity index (χ1) is 8.70. The summed E-state index contributed by atoms with van der Waals surface area (Å²) in [6, 6.07) is 11.4. The maximum absolute atomic E-state index is 12.0. The van der Waals surface area contributed by atoms with E-state index in [1.807, 2.05) is 43.3 Å². The molecule has 1 N–H and O–H groups in total. The number of pyridine rings is 1. The van der Waals surface area contributed by atoms with Crippen molar-refractivity contribution in [2.45, 2.75) is 12.3 Å². The number of aromatic nitrogens is 1. The number of benzene rings is 1. The molecule has 1 heterocycles. The van der Waals surface area contributed by atoms with Crippen molar-refractivity contribution in [3.8, 4) is 0 Å². The highest BCUT2D eigenvalue weighted by Gasteiger charge is 2.10. The van der Waals surface area contributed by atoms with Crippen molar-refractivity contribution in [3.05, 3.63) is 59.4 Å². The zero-order chi connectivity index (χ0) is 13.0. The van der Waals surface area contributed by atoms with Crippen molar-refractivity contribution in [2.75, 3.05) is 5.32 Å². The third-order valence-electron chi connectivity index (χ3n) is 2.56. The number of halogens is 1. The summed E-state index contributed by atoms with van der Waals surface area (Å²) in [4.78, 5) is 16.1. The highest BCUT2D eigenvalue weighted by Crippen LogP contribution is 2.14. The molecule has 2 rings (SSSR count). The zero-order valence-electron chi connectivity index (χ0n) is 9.98. The lowest BCUT2D eigenvalue weighted by Crippen LogP contribution is -2.15. The Labute approximate surface area is 114 Å². The molecule has 0 aliphatic heterocycles. The average molecular weight is 305 g/mol. The largest absolute Gasteiger partial charge is 0.321 e. The van der Waals surface area contributed by atoms with E-state index in [0.717, 1.165) is 22.1 Å². The summed E-state index contributed by atoms with van der Waals surface area (Å²) in [5.41, 5.74) is 3.22. The molecule has 0 spiro atoms. The predicted octanol–water partition coefficient (Wildman–Crippen LogP) is 3.54. The monoisotopic (exact) mass is 304 g/mol. The molecule has 0 aliphatic rings. The number of anilines is 1. The summed E-state index contributed by atoms with van der Waals surface area (Å²) < 4.78 is 0. The molecule has 0 unspecified atom stereocenters. The van der Waals surface area contributed by atoms with E-state index in [0.29, 0.717) is 5.69 Å². The standard InChI is InChI=1S/C14H13BrN2O/c1-10-4-3-7-16-13(10)14(18)17-12-6-2-5-11(8-12)9-15/h2-8H,9H2,1H3,(H,17,18). The van der Waals surface area contributed by atoms with Gasteiger partial charge in [-0.2, -0.15) is 0 Å². The molecule has 3 nitrogen and oxygen atoms in total. The van der Waals surface area contributed by atoms with E-state index in [1.165, 1.54) is 0 Å². The first-order valence-corrected chi connectivity index (χ1v) is 6.70. The fourth-order valence-corrected chi connectivity index (χ4v) is 1.99. The minimum absolute atomic E-state index is 0.181. The van der Waals surface area contributed by atoms with Crippen molar-refractivity contribution in [1.82, 2.24) is 4.98 Å². The molecule has 0 bridgehead atoms. The van der Waals surface area contributed by atoms with Crippen LogP contribution in [0.1, 0.15) is 21.6 Å². The molecule has 0 radical (unpaired) electrons. The van der Waals surface area contributed by atoms with E-state index in [9.17, 15) is 4.79 Å². The second-order valence-electron chi connectivity index (χ2n) is 3.96. The van der Waals surface area contributed by atoms with Gasteiger partial charge in [-0.15, -0.1) is 0 Å². The number of amides is 1. The van der Waals surface area contributed by atoms with Gasteiger partial charge in [0.1, 0.15) is 5.69 Å². The van der Waals surface area contributed by atoms with Crippen LogP contribution in [-0.4, -0.2) is 10.9 Å². The summed E-state index contributed by atoms with van der Waals surface area (Å²) in [6.07, 6.45) is 1.62. The van der Waals surface area contributed by atoms with Crippen molar-refractivity contribution in [1.29, 1.82) is 0 Å². The predicted molar refractivity (Wildman–Crippen MR) is 76.0 cm³/mol. The Hall–Kier alpha value is -1.68. The molecule has 92 valence electrons. The van der Waals surface area contributed by atoms with E-state index in [1.54, 1.807) is 6.20 Å². The second kappa shape index (κ2) is 5.78. The SMILES string of the molecule is Cc1cccnc1C(=O)Nc1cccc(CBr)c1. The molecule has 4 heteroatoms. The highest BCUT2D eigenvalue weighted by atomic mass is 79.9. The van der Waals surface area contributed by atoms with Crippen LogP contribution in [0, 0.1) is 6.92 Å². The van der Waals surface area contributed by atoms with Crippen LogP contribution >= 0.6 is 15.9 Å². The maximum Gasteiger partial charge on any atom is 0.274 e. The second-order valence-corrected chi connectivity index (χ2v) is 4.52. The molecule has 0 aliphatic carbocycles. The summed E-state index contributed by atoms with van der Waals surface area (Å²) in [5, 5.41) is 3.61. The van der Waals surface area contributed by atoms with E-state index < -0.39 is 0 Å². The zero-order valence-corrected chi connectivity index (χ0v) is 11.6. The summed E-state index contributed by atoms with van der Waals surface area (Å²) in [7, 11) is 0. The number of nitrogens with zero attached hydrogens (tertiary/aromatic N) is 1. The molecule has 18 heavy (non-hydrogen) atoms. The molecular weight excluding hydrogens is 292 g/mol. The lowest BCUT2D eigenvalue weighted by Gasteiger charge is -2.07. The van der Waals surface area contributed by atoms with Gasteiger partial charge < -0.3 is 5.32 Å². The Morgan fingerprint density at radius 2 is 2.17 bits per heavy atom. The van der Waals surface area contributed by atoms with Gasteiger partial charge in [0, 0.05) is 17.2 Å². The van der Waals surface area contributed by atoms with Crippen molar-refractivity contribution in [2.24, 2.45) is 0 Å². The molecule has 0 fully saturated rings. The number of alkyl halides is 1. The molecule has 2 aromatic rings. The smallest absolute Gasteiger partial charge is 0.274 e. The van der Waals surface area contributed by atoms with Crippen LogP contribution in [0.2, 0.25) is 0 Å². The first kappa shape index (κ1) is 12.8. The third-order valence-corrected chi connectivity index (χ3v) is 3.21. The Bertz CT molecular complexity index is 569. The number of hydrogen-bond acceptors (Lipinski definition) is 2. The van der Waals surface area contributed by atoms with Gasteiger partial charge in [0.2, 0.25) is 0 Å². The van der Waals surface area contributed by atoms with Gasteiger partial charge in [-0.25, -0.2) is 0 Å². The Balaban J connectivity index is 2.19. The van der Waals surface area contributed by atoms with Crippen molar-refractivity contribution < 1.29 is 4.79 Å². The van der Waals surface area contributed by atoms with Crippen LogP contribution in [0.25, 0.3) is 0 Å². The van der Waals surface area contributed by atoms with Gasteiger partial charge in [0.15, 0.2) is 0 Å². The van der Waals surface area contributed by atoms with Gasteiger partial charge in [-0.3, -0.25) is 9.78 Å². The topological polar surface area (TPSA) is 42.0 Å². The van der Waals surface area contributed by atoms with Crippen LogP contribution in [0.15, 0.2) is 42.6 Å². The quantitative estimate of drug-likeness (QED) is 0.881. The van der Waals surface area contributed by atoms with Crippen molar-refractivity contribution in [3.63, 3.8) is 0 Å². The fourth-order valence-electron chi connectivity index (χ4n) is 1.65. The van der Waals surface area contributed by atoms with Crippen LogP contribution in [0.3, 0.4) is 0 Å². The molecule has 1 aromatic carbocycles. The minimum Gasteiger partial charge on any atom is -0.321 e. The Kier molecular flexibility index (Phi) is 4.10. The number of nitrogens with one attached hydrogen (secondary N) is 1. The molecule has 0 saturated heterocycles. The van der Waals surface area contributed by atoms with Gasteiger partial charge in [0.05, 0.1) is 0 Å². The van der Waals surface area contributed by atoms with E-state index in [2.05, 4.69) is 26.2 Å². The third kappa shape index (κ3) is 2.96. The number of carbonyl (C=O) groups excluding carboxylic acids is 1. The van der Waals surface area contributed by atoms with E-state index in [-0.39, 0.29) is 5.91 Å². The molecular formula is C14H13BrN2O. The van der Waals surface area contributed by atoms with Crippen molar-refractivity contribution >= 4 is 27.5 Å². The summed E-state index contributed by atoms with van der Waals surface area (Å²) in [6.45, 7) is 1.87. The van der Waals surface area contributed by atoms with Crippen LogP contribution in [0.5, 0.6) is 0 Å². The molecule has 1 amide bonds. The number of rotatable bonds is 3. The van der Waals surface area contributed by atoms with Crippen LogP contribution in [-0.2, 0) is 5.33 Å². The normalized spacial score (nSPS) is 10.1. The fraction of sp³-hybridized carbons (Fsp3) is 0.143. The highest BCUT2D eigenvalue weighted by molar-refractivity contribution is 9.08. The summed E-state index contributed by atoms with van der Waals surface area (Å²) >= 11 is 3.39. The van der Waals surface area contributed by atoms with Gasteiger partial charge in [-0.05, 0) is 36.2 Å². The number of hydrogen-bond donors (Lipinski definition) is 1. The van der Waals surface area contributed by atoms with E-state index in [4.69, 9.17) is 0 Å². The van der Waals surface area contributed by atoms with Gasteiger partial charge >= 0.3 is 0 Å². The number of carbonyl (C=O) groups is 1. The molecule has 1 aromatic heterocycles. The Morgan fingerprint density at radius 3 is 2.89 bits per heavy atom. The first-order valence-electron chi connectivity index (χ1n) is 5.58. The minimum atomic E-state index is -0.181. The summed E-state index contributed by atoms with van der Waals surface area (Å²) in [5.74, 6) is -0.181.